The number of aromatic nitrogens is 1. The van der Waals surface area contributed by atoms with Crippen LogP contribution in [-0.4, -0.2) is 16.9 Å². The molecule has 1 amide bonds. The molecule has 2 rings (SSSR count). The number of amides is 1. The monoisotopic (exact) mass is 261 g/mol. The Morgan fingerprint density at radius 1 is 1.53 bits per heavy atom. The molecule has 1 aromatic heterocycles. The van der Waals surface area contributed by atoms with Crippen molar-refractivity contribution in [2.24, 2.45) is 11.1 Å². The van der Waals surface area contributed by atoms with Crippen LogP contribution in [0, 0.1) is 5.41 Å². The zero-order chi connectivity index (χ0) is 13.9. The Bertz CT molecular complexity index is 439. The van der Waals surface area contributed by atoms with Crippen LogP contribution in [0.2, 0.25) is 0 Å². The molecule has 1 aromatic rings. The quantitative estimate of drug-likeness (QED) is 0.876. The van der Waals surface area contributed by atoms with Crippen LogP contribution < -0.4 is 11.1 Å². The molecule has 1 fully saturated rings. The number of carbonyl (C=O) groups is 1. The van der Waals surface area contributed by atoms with Crippen molar-refractivity contribution < 1.29 is 4.79 Å². The van der Waals surface area contributed by atoms with E-state index in [1.165, 1.54) is 12.8 Å². The van der Waals surface area contributed by atoms with E-state index in [1.54, 1.807) is 12.3 Å². The lowest BCUT2D eigenvalue weighted by Crippen LogP contribution is -2.40. The summed E-state index contributed by atoms with van der Waals surface area (Å²) in [6, 6.07) is 3.87. The topological polar surface area (TPSA) is 68.0 Å². The van der Waals surface area contributed by atoms with Crippen LogP contribution in [0.4, 0.5) is 0 Å². The number of hydrogen-bond donors (Lipinski definition) is 2. The fraction of sp³-hybridized carbons (Fsp3) is 0.600. The predicted molar refractivity (Wildman–Crippen MR) is 75.6 cm³/mol. The second-order valence-electron chi connectivity index (χ2n) is 6.19. The molecule has 1 aliphatic rings. The van der Waals surface area contributed by atoms with E-state index in [0.29, 0.717) is 17.7 Å². The van der Waals surface area contributed by atoms with Gasteiger partial charge in [-0.3, -0.25) is 9.78 Å². The second kappa shape index (κ2) is 5.70. The molecule has 3 N–H and O–H groups in total. The van der Waals surface area contributed by atoms with Gasteiger partial charge in [-0.2, -0.15) is 0 Å². The van der Waals surface area contributed by atoms with Crippen molar-refractivity contribution in [3.8, 4) is 0 Å². The fourth-order valence-electron chi connectivity index (χ4n) is 2.76. The maximum atomic E-state index is 12.1. The summed E-state index contributed by atoms with van der Waals surface area (Å²) < 4.78 is 0. The maximum absolute atomic E-state index is 12.1. The number of pyridine rings is 1. The highest BCUT2D eigenvalue weighted by Crippen LogP contribution is 2.35. The lowest BCUT2D eigenvalue weighted by molar-refractivity contribution is 0.0897. The van der Waals surface area contributed by atoms with E-state index in [1.807, 2.05) is 6.07 Å². The Balaban J connectivity index is 1.96. The highest BCUT2D eigenvalue weighted by Gasteiger charge is 2.29. The molecule has 0 saturated heterocycles. The summed E-state index contributed by atoms with van der Waals surface area (Å²) in [4.78, 5) is 16.3. The fourth-order valence-corrected chi connectivity index (χ4v) is 2.76. The van der Waals surface area contributed by atoms with Gasteiger partial charge >= 0.3 is 0 Å². The lowest BCUT2D eigenvalue weighted by Gasteiger charge is -2.35. The first-order chi connectivity index (χ1) is 9.00. The highest BCUT2D eigenvalue weighted by molar-refractivity contribution is 5.92. The van der Waals surface area contributed by atoms with E-state index in [2.05, 4.69) is 24.1 Å². The Morgan fingerprint density at radius 3 is 2.89 bits per heavy atom. The Labute approximate surface area is 114 Å². The summed E-state index contributed by atoms with van der Waals surface area (Å²) >= 11 is 0. The number of rotatable bonds is 3. The number of hydrogen-bond acceptors (Lipinski definition) is 3. The molecule has 1 heterocycles. The van der Waals surface area contributed by atoms with Gasteiger partial charge in [0.05, 0.1) is 0 Å². The van der Waals surface area contributed by atoms with Gasteiger partial charge in [-0.1, -0.05) is 26.3 Å². The third kappa shape index (κ3) is 3.77. The van der Waals surface area contributed by atoms with Gasteiger partial charge in [-0.15, -0.1) is 0 Å². The van der Waals surface area contributed by atoms with Crippen molar-refractivity contribution in [3.05, 3.63) is 29.6 Å². The van der Waals surface area contributed by atoms with Gasteiger partial charge in [-0.25, -0.2) is 0 Å². The van der Waals surface area contributed by atoms with Crippen LogP contribution in [0.1, 0.15) is 55.6 Å². The van der Waals surface area contributed by atoms with Gasteiger partial charge in [0.1, 0.15) is 5.69 Å². The third-order valence-electron chi connectivity index (χ3n) is 3.83. The van der Waals surface area contributed by atoms with Gasteiger partial charge in [-0.05, 0) is 36.3 Å². The number of nitrogens with two attached hydrogens (primary N) is 1. The SMILES string of the molecule is CC1(C)CCCC(NC(=O)c2ccc(CN)cn2)C1. The summed E-state index contributed by atoms with van der Waals surface area (Å²) in [5, 5.41) is 3.10. The van der Waals surface area contributed by atoms with Crippen molar-refractivity contribution in [1.29, 1.82) is 0 Å². The minimum atomic E-state index is -0.0775. The molecule has 4 heteroatoms. The van der Waals surface area contributed by atoms with Crippen LogP contribution >= 0.6 is 0 Å². The molecule has 0 spiro atoms. The highest BCUT2D eigenvalue weighted by atomic mass is 16.1. The first-order valence-electron chi connectivity index (χ1n) is 6.96. The van der Waals surface area contributed by atoms with Crippen molar-refractivity contribution in [2.75, 3.05) is 0 Å². The molecule has 0 bridgehead atoms. The van der Waals surface area contributed by atoms with Crippen molar-refractivity contribution in [3.63, 3.8) is 0 Å². The van der Waals surface area contributed by atoms with E-state index in [4.69, 9.17) is 5.73 Å². The van der Waals surface area contributed by atoms with E-state index in [9.17, 15) is 4.79 Å². The normalized spacial score (nSPS) is 21.9. The van der Waals surface area contributed by atoms with E-state index in [0.717, 1.165) is 18.4 Å². The molecule has 1 aliphatic carbocycles. The third-order valence-corrected chi connectivity index (χ3v) is 3.83. The average molecular weight is 261 g/mol. The largest absolute Gasteiger partial charge is 0.348 e. The summed E-state index contributed by atoms with van der Waals surface area (Å²) in [5.41, 5.74) is 7.25. The van der Waals surface area contributed by atoms with Crippen LogP contribution in [0.3, 0.4) is 0 Å². The van der Waals surface area contributed by atoms with Gasteiger partial charge < -0.3 is 11.1 Å². The average Bonchev–Trinajstić information content (AvgIpc) is 2.37. The number of nitrogens with one attached hydrogen (secondary N) is 1. The van der Waals surface area contributed by atoms with Crippen LogP contribution in [0.5, 0.6) is 0 Å². The molecule has 0 aromatic carbocycles. The minimum absolute atomic E-state index is 0.0775. The van der Waals surface area contributed by atoms with Gasteiger partial charge in [0.25, 0.3) is 5.91 Å². The Kier molecular flexibility index (Phi) is 4.20. The number of carbonyl (C=O) groups excluding carboxylic acids is 1. The summed E-state index contributed by atoms with van der Waals surface area (Å²) in [6.07, 6.45) is 6.19. The smallest absolute Gasteiger partial charge is 0.270 e. The molecular formula is C15H23N3O. The first-order valence-corrected chi connectivity index (χ1v) is 6.96. The molecule has 0 aliphatic heterocycles. The molecule has 0 radical (unpaired) electrons. The van der Waals surface area contributed by atoms with E-state index >= 15 is 0 Å². The molecule has 1 atom stereocenters. The zero-order valence-corrected chi connectivity index (χ0v) is 11.8. The zero-order valence-electron chi connectivity index (χ0n) is 11.8. The van der Waals surface area contributed by atoms with Crippen molar-refractivity contribution in [2.45, 2.75) is 52.1 Å². The molecule has 104 valence electrons. The van der Waals surface area contributed by atoms with E-state index in [-0.39, 0.29) is 11.9 Å². The van der Waals surface area contributed by atoms with Gasteiger partial charge in [0, 0.05) is 18.8 Å². The second-order valence-corrected chi connectivity index (χ2v) is 6.19. The summed E-state index contributed by atoms with van der Waals surface area (Å²) in [7, 11) is 0. The molecular weight excluding hydrogens is 238 g/mol. The standard InChI is InChI=1S/C15H23N3O/c1-15(2)7-3-4-12(8-15)18-14(19)13-6-5-11(9-16)10-17-13/h5-6,10,12H,3-4,7-9,16H2,1-2H3,(H,18,19). The van der Waals surface area contributed by atoms with Crippen molar-refractivity contribution >= 4 is 5.91 Å². The first kappa shape index (κ1) is 14.0. The Morgan fingerprint density at radius 2 is 2.32 bits per heavy atom. The molecule has 1 unspecified atom stereocenters. The number of nitrogens with zero attached hydrogens (tertiary/aromatic N) is 1. The van der Waals surface area contributed by atoms with Gasteiger partial charge in [0.15, 0.2) is 0 Å². The molecule has 1 saturated carbocycles. The van der Waals surface area contributed by atoms with Crippen LogP contribution in [0.25, 0.3) is 0 Å². The van der Waals surface area contributed by atoms with Crippen LogP contribution in [0.15, 0.2) is 18.3 Å². The summed E-state index contributed by atoms with van der Waals surface area (Å²) in [5.74, 6) is -0.0775. The van der Waals surface area contributed by atoms with E-state index < -0.39 is 0 Å². The predicted octanol–water partition coefficient (Wildman–Crippen LogP) is 2.24. The van der Waals surface area contributed by atoms with Crippen LogP contribution in [-0.2, 0) is 6.54 Å². The van der Waals surface area contributed by atoms with Gasteiger partial charge in [0.2, 0.25) is 0 Å². The van der Waals surface area contributed by atoms with Crippen molar-refractivity contribution in [1.82, 2.24) is 10.3 Å². The minimum Gasteiger partial charge on any atom is -0.348 e. The molecule has 19 heavy (non-hydrogen) atoms. The Hall–Kier alpha value is -1.42. The maximum Gasteiger partial charge on any atom is 0.270 e. The lowest BCUT2D eigenvalue weighted by atomic mass is 9.75. The molecule has 4 nitrogen and oxygen atoms in total. The summed E-state index contributed by atoms with van der Waals surface area (Å²) in [6.45, 7) is 4.98.